The zero-order valence-corrected chi connectivity index (χ0v) is 22.2. The number of halogens is 5. The van der Waals surface area contributed by atoms with Crippen molar-refractivity contribution >= 4 is 28.4 Å². The number of imidazole rings is 1. The van der Waals surface area contributed by atoms with Crippen LogP contribution in [0, 0.1) is 11.9 Å². The highest BCUT2D eigenvalue weighted by Crippen LogP contribution is 2.60. The monoisotopic (exact) mass is 609 g/mol. The summed E-state index contributed by atoms with van der Waals surface area (Å²) >= 11 is 6.23. The molecule has 2 aliphatic rings. The second-order valence-electron chi connectivity index (χ2n) is 10.4. The van der Waals surface area contributed by atoms with Crippen LogP contribution in [0.2, 0.25) is 5.02 Å². The van der Waals surface area contributed by atoms with E-state index in [1.807, 2.05) is 0 Å². The largest absolute Gasteiger partial charge is 0.436 e. The summed E-state index contributed by atoms with van der Waals surface area (Å²) in [4.78, 5) is 25.4. The fraction of sp³-hybridized carbons (Fsp3) is 0.185. The van der Waals surface area contributed by atoms with Crippen molar-refractivity contribution in [2.75, 3.05) is 5.73 Å². The highest BCUT2D eigenvalue weighted by Gasteiger charge is 2.56. The molecule has 1 aliphatic carbocycles. The molecular formula is C27H16ClF4N9O2. The van der Waals surface area contributed by atoms with Crippen LogP contribution in [-0.2, 0) is 6.18 Å². The van der Waals surface area contributed by atoms with E-state index in [0.717, 1.165) is 10.9 Å². The van der Waals surface area contributed by atoms with Crippen molar-refractivity contribution < 1.29 is 22.1 Å². The Balaban J connectivity index is 1.20. The van der Waals surface area contributed by atoms with Gasteiger partial charge in [0.15, 0.2) is 17.1 Å². The van der Waals surface area contributed by atoms with E-state index < -0.39 is 29.4 Å². The van der Waals surface area contributed by atoms with Crippen LogP contribution in [0.25, 0.3) is 39.3 Å². The number of nitrogens with two attached hydrogens (primary N) is 1. The Morgan fingerprint density at radius 1 is 1.12 bits per heavy atom. The molecule has 1 saturated carbocycles. The van der Waals surface area contributed by atoms with E-state index in [1.54, 1.807) is 18.2 Å². The van der Waals surface area contributed by atoms with Gasteiger partial charge >= 0.3 is 6.18 Å². The highest BCUT2D eigenvalue weighted by molar-refractivity contribution is 6.31. The SMILES string of the molecule is Nc1noc2cc(-c3nc(F)c(C4C5CC5c5nc(-c6cc(Cl)ccc6-n6cc(C(F)(F)F)nn6)cc(=O)n54)[nH]3)ccc12. The lowest BCUT2D eigenvalue weighted by Crippen LogP contribution is -2.27. The number of anilines is 1. The molecule has 16 heteroatoms. The van der Waals surface area contributed by atoms with Crippen molar-refractivity contribution in [3.63, 3.8) is 0 Å². The predicted octanol–water partition coefficient (Wildman–Crippen LogP) is 5.12. The number of aromatic amines is 1. The van der Waals surface area contributed by atoms with E-state index in [1.165, 1.54) is 28.8 Å². The molecule has 0 saturated heterocycles. The minimum Gasteiger partial charge on any atom is -0.380 e. The van der Waals surface area contributed by atoms with Crippen molar-refractivity contribution in [1.29, 1.82) is 0 Å². The quantitative estimate of drug-likeness (QED) is 0.262. The van der Waals surface area contributed by atoms with E-state index in [2.05, 4.69) is 25.4 Å². The fourth-order valence-corrected chi connectivity index (χ4v) is 5.98. The van der Waals surface area contributed by atoms with Crippen LogP contribution in [-0.4, -0.2) is 39.7 Å². The first-order chi connectivity index (χ1) is 20.6. The summed E-state index contributed by atoms with van der Waals surface area (Å²) in [6.45, 7) is 0. The van der Waals surface area contributed by atoms with Crippen LogP contribution in [0.3, 0.4) is 0 Å². The summed E-state index contributed by atoms with van der Waals surface area (Å²) in [5, 5.41) is 11.4. The fourth-order valence-electron chi connectivity index (χ4n) is 5.81. The lowest BCUT2D eigenvalue weighted by atomic mass is 10.1. The Labute approximate surface area is 241 Å². The van der Waals surface area contributed by atoms with Crippen molar-refractivity contribution in [2.24, 2.45) is 5.92 Å². The van der Waals surface area contributed by atoms with Crippen LogP contribution in [0.1, 0.15) is 35.6 Å². The first kappa shape index (κ1) is 25.6. The number of fused-ring (bicyclic) bond motifs is 4. The normalized spacial score (nSPS) is 19.1. The third kappa shape index (κ3) is 3.95. The van der Waals surface area contributed by atoms with Crippen LogP contribution in [0.5, 0.6) is 0 Å². The van der Waals surface area contributed by atoms with Gasteiger partial charge in [-0.1, -0.05) is 28.0 Å². The number of nitrogens with one attached hydrogen (secondary N) is 1. The Hall–Kier alpha value is -5.05. The third-order valence-corrected chi connectivity index (χ3v) is 8.09. The number of rotatable bonds is 4. The van der Waals surface area contributed by atoms with Crippen molar-refractivity contribution in [3.05, 3.63) is 87.2 Å². The molecule has 0 spiro atoms. The third-order valence-electron chi connectivity index (χ3n) is 7.85. The van der Waals surface area contributed by atoms with Gasteiger partial charge in [-0.25, -0.2) is 14.6 Å². The lowest BCUT2D eigenvalue weighted by Gasteiger charge is -2.17. The van der Waals surface area contributed by atoms with Crippen LogP contribution in [0.4, 0.5) is 23.4 Å². The van der Waals surface area contributed by atoms with Gasteiger partial charge in [-0.15, -0.1) is 5.10 Å². The minimum absolute atomic E-state index is 0.0988. The molecule has 4 aromatic heterocycles. The van der Waals surface area contributed by atoms with Gasteiger partial charge in [-0.3, -0.25) is 9.36 Å². The van der Waals surface area contributed by atoms with Crippen LogP contribution >= 0.6 is 11.6 Å². The van der Waals surface area contributed by atoms with Crippen molar-refractivity contribution in [3.8, 4) is 28.3 Å². The summed E-state index contributed by atoms with van der Waals surface area (Å²) in [6, 6.07) is 10.0. The maximum Gasteiger partial charge on any atom is 0.436 e. The molecule has 0 radical (unpaired) electrons. The number of benzene rings is 2. The Morgan fingerprint density at radius 3 is 2.74 bits per heavy atom. The zero-order chi connectivity index (χ0) is 29.8. The number of nitrogens with zero attached hydrogens (tertiary/aromatic N) is 7. The summed E-state index contributed by atoms with van der Waals surface area (Å²) in [5.41, 5.74) is 5.90. The zero-order valence-electron chi connectivity index (χ0n) is 21.5. The Morgan fingerprint density at radius 2 is 1.95 bits per heavy atom. The average molecular weight is 610 g/mol. The smallest absolute Gasteiger partial charge is 0.380 e. The molecule has 3 N–H and O–H groups in total. The maximum atomic E-state index is 15.4. The van der Waals surface area contributed by atoms with Gasteiger partial charge in [-0.2, -0.15) is 17.6 Å². The predicted molar refractivity (Wildman–Crippen MR) is 144 cm³/mol. The first-order valence-corrected chi connectivity index (χ1v) is 13.3. The molecule has 6 aromatic rings. The maximum absolute atomic E-state index is 15.4. The van der Waals surface area contributed by atoms with Gasteiger partial charge in [0, 0.05) is 28.1 Å². The highest BCUT2D eigenvalue weighted by atomic mass is 35.5. The first-order valence-electron chi connectivity index (χ1n) is 12.9. The molecule has 8 rings (SSSR count). The molecule has 0 amide bonds. The molecular weight excluding hydrogens is 594 g/mol. The topological polar surface area (TPSA) is 146 Å². The number of alkyl halides is 3. The molecule has 11 nitrogen and oxygen atoms in total. The van der Waals surface area contributed by atoms with E-state index in [-0.39, 0.29) is 51.1 Å². The van der Waals surface area contributed by atoms with Crippen LogP contribution in [0.15, 0.2) is 58.0 Å². The summed E-state index contributed by atoms with van der Waals surface area (Å²) in [5.74, 6) is -0.0649. The van der Waals surface area contributed by atoms with Crippen molar-refractivity contribution in [2.45, 2.75) is 24.6 Å². The molecule has 1 aliphatic heterocycles. The molecule has 216 valence electrons. The van der Waals surface area contributed by atoms with E-state index in [4.69, 9.17) is 26.8 Å². The summed E-state index contributed by atoms with van der Waals surface area (Å²) in [7, 11) is 0. The van der Waals surface area contributed by atoms with Crippen LogP contribution < -0.4 is 11.3 Å². The van der Waals surface area contributed by atoms with Gasteiger partial charge in [0.25, 0.3) is 5.56 Å². The molecule has 0 bridgehead atoms. The Bertz CT molecular complexity index is 2170. The average Bonchev–Trinajstić information content (AvgIpc) is 3.30. The number of hydrogen-bond acceptors (Lipinski definition) is 8. The van der Waals surface area contributed by atoms with E-state index in [0.29, 0.717) is 28.8 Å². The second-order valence-corrected chi connectivity index (χ2v) is 10.9. The van der Waals surface area contributed by atoms with Gasteiger partial charge in [0.05, 0.1) is 34.7 Å². The molecule has 2 aromatic carbocycles. The number of nitrogen functional groups attached to an aromatic ring is 1. The van der Waals surface area contributed by atoms with Crippen molar-refractivity contribution in [1.82, 2.24) is 39.7 Å². The molecule has 3 atom stereocenters. The molecule has 5 heterocycles. The number of H-pyrrole nitrogens is 1. The van der Waals surface area contributed by atoms with E-state index in [9.17, 15) is 18.0 Å². The number of aromatic nitrogens is 8. The van der Waals surface area contributed by atoms with Gasteiger partial charge in [0.1, 0.15) is 11.6 Å². The standard InChI is InChI=1S/C27H16ClF4N9O2/c28-11-2-4-17(40-9-19(37-39-40)27(30,31)32)15(6-11)16-8-20(42)41-22(13-7-14(13)26(41)34-16)21-23(29)36-25(35-21)10-1-3-12-18(5-10)43-38-24(12)33/h1-6,8-9,13-14,22H,7H2,(H2,33,38)(H,35,36). The van der Waals surface area contributed by atoms with Gasteiger partial charge < -0.3 is 15.2 Å². The van der Waals surface area contributed by atoms with Gasteiger partial charge in [0.2, 0.25) is 5.95 Å². The lowest BCUT2D eigenvalue weighted by molar-refractivity contribution is -0.141. The second kappa shape index (κ2) is 8.73. The minimum atomic E-state index is -4.69. The molecule has 3 unspecified atom stereocenters. The number of hydrogen-bond donors (Lipinski definition) is 2. The van der Waals surface area contributed by atoms with E-state index >= 15 is 4.39 Å². The van der Waals surface area contributed by atoms with Gasteiger partial charge in [-0.05, 0) is 42.7 Å². The summed E-state index contributed by atoms with van der Waals surface area (Å²) in [6.07, 6.45) is -3.28. The molecule has 43 heavy (non-hydrogen) atoms. The molecule has 1 fully saturated rings. The Kier molecular flexibility index (Phi) is 5.21. The summed E-state index contributed by atoms with van der Waals surface area (Å²) < 4.78 is 62.5.